The van der Waals surface area contributed by atoms with Gasteiger partial charge in [-0.2, -0.15) is 0 Å². The van der Waals surface area contributed by atoms with Crippen LogP contribution in [0.3, 0.4) is 0 Å². The van der Waals surface area contributed by atoms with Gasteiger partial charge in [0.1, 0.15) is 0 Å². The van der Waals surface area contributed by atoms with Gasteiger partial charge in [0.25, 0.3) is 0 Å². The minimum absolute atomic E-state index is 0.658. The predicted molar refractivity (Wildman–Crippen MR) is 65.6 cm³/mol. The van der Waals surface area contributed by atoms with Crippen molar-refractivity contribution in [3.8, 4) is 0 Å². The fraction of sp³-hybridized carbons (Fsp3) is 0.538. The van der Waals surface area contributed by atoms with Gasteiger partial charge >= 0.3 is 0 Å². The molecule has 15 heavy (non-hydrogen) atoms. The van der Waals surface area contributed by atoms with Gasteiger partial charge in [0.05, 0.1) is 0 Å². The van der Waals surface area contributed by atoms with E-state index in [1.54, 1.807) is 0 Å². The first-order valence-corrected chi connectivity index (χ1v) is 6.01. The Morgan fingerprint density at radius 1 is 1.47 bits per heavy atom. The molecule has 0 saturated heterocycles. The highest BCUT2D eigenvalue weighted by Crippen LogP contribution is 2.35. The van der Waals surface area contributed by atoms with Crippen LogP contribution in [0, 0.1) is 5.92 Å². The molecule has 1 aromatic rings. The number of benzene rings is 1. The summed E-state index contributed by atoms with van der Waals surface area (Å²) in [7, 11) is 2.02. The van der Waals surface area contributed by atoms with E-state index in [9.17, 15) is 0 Å². The smallest absolute Gasteiger partial charge is 0.0408 e. The number of hydrogen-bond donors (Lipinski definition) is 1. The lowest BCUT2D eigenvalue weighted by atomic mass is 9.77. The van der Waals surface area contributed by atoms with E-state index in [1.807, 2.05) is 13.1 Å². The molecule has 0 heterocycles. The number of halogens is 1. The molecule has 0 saturated carbocycles. The van der Waals surface area contributed by atoms with Crippen LogP contribution in [0.15, 0.2) is 18.2 Å². The van der Waals surface area contributed by atoms with Crippen LogP contribution >= 0.6 is 11.6 Å². The Morgan fingerprint density at radius 2 is 2.27 bits per heavy atom. The number of hydrogen-bond acceptors (Lipinski definition) is 1. The van der Waals surface area contributed by atoms with E-state index in [4.69, 9.17) is 11.6 Å². The fourth-order valence-electron chi connectivity index (χ4n) is 2.66. The fourth-order valence-corrected chi connectivity index (χ4v) is 2.86. The molecule has 2 rings (SSSR count). The highest BCUT2D eigenvalue weighted by molar-refractivity contribution is 6.30. The van der Waals surface area contributed by atoms with Gasteiger partial charge in [-0.1, -0.05) is 24.6 Å². The highest BCUT2D eigenvalue weighted by Gasteiger charge is 2.23. The Hall–Kier alpha value is -0.530. The maximum Gasteiger partial charge on any atom is 0.0408 e. The van der Waals surface area contributed by atoms with Gasteiger partial charge in [0.15, 0.2) is 0 Å². The van der Waals surface area contributed by atoms with Crippen molar-refractivity contribution < 1.29 is 0 Å². The predicted octanol–water partition coefficient (Wildman–Crippen LogP) is 3.23. The van der Waals surface area contributed by atoms with Crippen LogP contribution in [0.25, 0.3) is 0 Å². The molecule has 1 aromatic carbocycles. The summed E-state index contributed by atoms with van der Waals surface area (Å²) in [5, 5.41) is 4.15. The van der Waals surface area contributed by atoms with E-state index < -0.39 is 0 Å². The van der Waals surface area contributed by atoms with Crippen LogP contribution in [-0.4, -0.2) is 13.6 Å². The summed E-state index contributed by atoms with van der Waals surface area (Å²) >= 11 is 6.03. The third-order valence-electron chi connectivity index (χ3n) is 3.25. The minimum Gasteiger partial charge on any atom is -0.319 e. The molecule has 0 aliphatic heterocycles. The zero-order valence-corrected chi connectivity index (χ0v) is 10.1. The number of nitrogens with one attached hydrogen (secondary N) is 1. The average molecular weight is 224 g/mol. The summed E-state index contributed by atoms with van der Waals surface area (Å²) in [5.74, 6) is 1.43. The lowest BCUT2D eigenvalue weighted by Crippen LogP contribution is -2.24. The Bertz CT molecular complexity index is 348. The van der Waals surface area contributed by atoms with E-state index in [0.717, 1.165) is 17.5 Å². The molecule has 0 radical (unpaired) electrons. The molecule has 1 aliphatic carbocycles. The van der Waals surface area contributed by atoms with Gasteiger partial charge in [-0.05, 0) is 55.0 Å². The van der Waals surface area contributed by atoms with Crippen LogP contribution in [0.4, 0.5) is 0 Å². The molecular formula is C13H18ClN. The van der Waals surface area contributed by atoms with Gasteiger partial charge in [0.2, 0.25) is 0 Å². The van der Waals surface area contributed by atoms with E-state index in [2.05, 4.69) is 24.4 Å². The lowest BCUT2D eigenvalue weighted by Gasteiger charge is -2.29. The molecule has 1 N–H and O–H groups in total. The largest absolute Gasteiger partial charge is 0.319 e. The molecule has 0 amide bonds. The van der Waals surface area contributed by atoms with Crippen molar-refractivity contribution in [3.05, 3.63) is 34.3 Å². The third-order valence-corrected chi connectivity index (χ3v) is 3.49. The summed E-state index contributed by atoms with van der Waals surface area (Å²) in [5.41, 5.74) is 2.94. The van der Waals surface area contributed by atoms with Crippen molar-refractivity contribution in [2.75, 3.05) is 13.6 Å². The van der Waals surface area contributed by atoms with E-state index in [1.165, 1.54) is 24.0 Å². The number of fused-ring (bicyclic) bond motifs is 1. The standard InChI is InChI=1S/C13H18ClN/c1-9-5-10-7-12(14)3-4-13(10)11(6-9)8-15-2/h3-4,7,9,11,15H,5-6,8H2,1-2H3. The summed E-state index contributed by atoms with van der Waals surface area (Å²) in [6, 6.07) is 6.35. The summed E-state index contributed by atoms with van der Waals surface area (Å²) in [6.45, 7) is 3.39. The first-order chi connectivity index (χ1) is 7.20. The van der Waals surface area contributed by atoms with E-state index in [0.29, 0.717) is 5.92 Å². The zero-order chi connectivity index (χ0) is 10.8. The first kappa shape index (κ1) is 11.0. The SMILES string of the molecule is CNCC1CC(C)Cc2cc(Cl)ccc21. The maximum absolute atomic E-state index is 6.03. The second-order valence-corrected chi connectivity index (χ2v) is 5.08. The Kier molecular flexibility index (Phi) is 3.32. The van der Waals surface area contributed by atoms with Crippen LogP contribution in [0.1, 0.15) is 30.4 Å². The van der Waals surface area contributed by atoms with Gasteiger partial charge in [0, 0.05) is 11.6 Å². The molecule has 1 nitrogen and oxygen atoms in total. The lowest BCUT2D eigenvalue weighted by molar-refractivity contribution is 0.422. The monoisotopic (exact) mass is 223 g/mol. The Balaban J connectivity index is 2.33. The summed E-state index contributed by atoms with van der Waals surface area (Å²) < 4.78 is 0. The quantitative estimate of drug-likeness (QED) is 0.812. The number of rotatable bonds is 2. The van der Waals surface area contributed by atoms with Gasteiger partial charge in [-0.3, -0.25) is 0 Å². The van der Waals surface area contributed by atoms with Gasteiger partial charge < -0.3 is 5.32 Å². The summed E-state index contributed by atoms with van der Waals surface area (Å²) in [4.78, 5) is 0. The van der Waals surface area contributed by atoms with Crippen molar-refractivity contribution in [1.29, 1.82) is 0 Å². The molecule has 82 valence electrons. The van der Waals surface area contributed by atoms with E-state index >= 15 is 0 Å². The maximum atomic E-state index is 6.03. The van der Waals surface area contributed by atoms with Crippen LogP contribution < -0.4 is 5.32 Å². The Labute approximate surface area is 96.8 Å². The van der Waals surface area contributed by atoms with Crippen molar-refractivity contribution in [2.45, 2.75) is 25.7 Å². The second kappa shape index (κ2) is 4.54. The van der Waals surface area contributed by atoms with E-state index in [-0.39, 0.29) is 0 Å². The molecule has 0 aromatic heterocycles. The second-order valence-electron chi connectivity index (χ2n) is 4.64. The normalized spacial score (nSPS) is 25.0. The zero-order valence-electron chi connectivity index (χ0n) is 9.39. The highest BCUT2D eigenvalue weighted by atomic mass is 35.5. The Morgan fingerprint density at radius 3 is 3.00 bits per heavy atom. The molecule has 2 unspecified atom stereocenters. The number of likely N-dealkylation sites (N-methyl/N-ethyl adjacent to an activating group) is 1. The summed E-state index contributed by atoms with van der Waals surface area (Å²) in [6.07, 6.45) is 2.46. The van der Waals surface area contributed by atoms with Crippen LogP contribution in [-0.2, 0) is 6.42 Å². The average Bonchev–Trinajstić information content (AvgIpc) is 2.17. The minimum atomic E-state index is 0.658. The first-order valence-electron chi connectivity index (χ1n) is 5.63. The van der Waals surface area contributed by atoms with Gasteiger partial charge in [-0.25, -0.2) is 0 Å². The van der Waals surface area contributed by atoms with Crippen molar-refractivity contribution >= 4 is 11.6 Å². The molecule has 2 atom stereocenters. The van der Waals surface area contributed by atoms with Crippen molar-refractivity contribution in [3.63, 3.8) is 0 Å². The van der Waals surface area contributed by atoms with Gasteiger partial charge in [-0.15, -0.1) is 0 Å². The topological polar surface area (TPSA) is 12.0 Å². The molecule has 0 spiro atoms. The molecule has 0 fully saturated rings. The van der Waals surface area contributed by atoms with Crippen LogP contribution in [0.2, 0.25) is 5.02 Å². The van der Waals surface area contributed by atoms with Crippen molar-refractivity contribution in [1.82, 2.24) is 5.32 Å². The van der Waals surface area contributed by atoms with Crippen molar-refractivity contribution in [2.24, 2.45) is 5.92 Å². The van der Waals surface area contributed by atoms with Crippen LogP contribution in [0.5, 0.6) is 0 Å². The molecule has 2 heteroatoms. The molecular weight excluding hydrogens is 206 g/mol. The molecule has 1 aliphatic rings. The third kappa shape index (κ3) is 2.35. The molecule has 0 bridgehead atoms.